The molecule has 2 aliphatic rings. The van der Waals surface area contributed by atoms with Gasteiger partial charge in [0.1, 0.15) is 0 Å². The van der Waals surface area contributed by atoms with Gasteiger partial charge in [0.05, 0.1) is 0 Å². The molecule has 1 aromatic carbocycles. The summed E-state index contributed by atoms with van der Waals surface area (Å²) >= 11 is 3.68. The standard InChI is InChI=1S/C12H15BrN2/c13-11-7-9(15-5-1-2-6-15)8-12-10(11)3-4-14-12/h7-8,14H,1-6H2. The van der Waals surface area contributed by atoms with Gasteiger partial charge in [-0.25, -0.2) is 0 Å². The Hall–Kier alpha value is -0.700. The Morgan fingerprint density at radius 1 is 1.20 bits per heavy atom. The van der Waals surface area contributed by atoms with Crippen LogP contribution in [0.25, 0.3) is 0 Å². The lowest BCUT2D eigenvalue weighted by Crippen LogP contribution is -2.17. The van der Waals surface area contributed by atoms with Crippen LogP contribution in [0.15, 0.2) is 16.6 Å². The van der Waals surface area contributed by atoms with E-state index in [0.717, 1.165) is 13.0 Å². The fourth-order valence-electron chi connectivity index (χ4n) is 2.51. The third-order valence-corrected chi connectivity index (χ3v) is 4.05. The van der Waals surface area contributed by atoms with Gasteiger partial charge in [-0.15, -0.1) is 0 Å². The SMILES string of the molecule is Brc1cc(N2CCCC2)cc2c1CCN2. The fourth-order valence-corrected chi connectivity index (χ4v) is 3.16. The third-order valence-electron chi connectivity index (χ3n) is 3.34. The maximum absolute atomic E-state index is 3.68. The van der Waals surface area contributed by atoms with Crippen LogP contribution in [0, 0.1) is 0 Å². The molecule has 0 bridgehead atoms. The summed E-state index contributed by atoms with van der Waals surface area (Å²) in [6.07, 6.45) is 3.82. The first-order chi connectivity index (χ1) is 7.34. The second kappa shape index (κ2) is 3.71. The highest BCUT2D eigenvalue weighted by Gasteiger charge is 2.18. The smallest absolute Gasteiger partial charge is 0.0405 e. The number of hydrogen-bond acceptors (Lipinski definition) is 2. The lowest BCUT2D eigenvalue weighted by atomic mass is 10.1. The number of halogens is 1. The molecular formula is C12H15BrN2. The summed E-state index contributed by atoms with van der Waals surface area (Å²) in [4.78, 5) is 2.48. The molecule has 80 valence electrons. The molecule has 3 heteroatoms. The Morgan fingerprint density at radius 3 is 2.80 bits per heavy atom. The summed E-state index contributed by atoms with van der Waals surface area (Å²) in [5.41, 5.74) is 4.14. The summed E-state index contributed by atoms with van der Waals surface area (Å²) < 4.78 is 1.27. The number of hydrogen-bond donors (Lipinski definition) is 1. The largest absolute Gasteiger partial charge is 0.384 e. The lowest BCUT2D eigenvalue weighted by Gasteiger charge is -2.19. The van der Waals surface area contributed by atoms with E-state index in [4.69, 9.17) is 0 Å². The van der Waals surface area contributed by atoms with Gasteiger partial charge in [0.25, 0.3) is 0 Å². The van der Waals surface area contributed by atoms with E-state index in [1.54, 1.807) is 0 Å². The molecule has 2 heterocycles. The first-order valence-corrected chi connectivity index (χ1v) is 6.45. The summed E-state index contributed by atoms with van der Waals surface area (Å²) in [5.74, 6) is 0. The first kappa shape index (κ1) is 9.52. The minimum atomic E-state index is 1.08. The van der Waals surface area contributed by atoms with Crippen LogP contribution >= 0.6 is 15.9 Å². The molecule has 0 aliphatic carbocycles. The summed E-state index contributed by atoms with van der Waals surface area (Å²) in [7, 11) is 0. The van der Waals surface area contributed by atoms with Crippen molar-refractivity contribution in [2.24, 2.45) is 0 Å². The average Bonchev–Trinajstić information content (AvgIpc) is 2.88. The molecule has 0 aromatic heterocycles. The van der Waals surface area contributed by atoms with Gasteiger partial charge in [-0.3, -0.25) is 0 Å². The molecule has 0 radical (unpaired) electrons. The van der Waals surface area contributed by atoms with Crippen LogP contribution in [0.3, 0.4) is 0 Å². The number of nitrogens with one attached hydrogen (secondary N) is 1. The van der Waals surface area contributed by atoms with E-state index in [-0.39, 0.29) is 0 Å². The van der Waals surface area contributed by atoms with E-state index < -0.39 is 0 Å². The van der Waals surface area contributed by atoms with Crippen LogP contribution < -0.4 is 10.2 Å². The summed E-state index contributed by atoms with van der Waals surface area (Å²) in [6.45, 7) is 3.51. The highest BCUT2D eigenvalue weighted by atomic mass is 79.9. The van der Waals surface area contributed by atoms with E-state index in [0.29, 0.717) is 0 Å². The zero-order valence-corrected chi connectivity index (χ0v) is 10.3. The Kier molecular flexibility index (Phi) is 2.35. The normalized spacial score (nSPS) is 19.1. The molecule has 3 rings (SSSR count). The number of nitrogens with zero attached hydrogens (tertiary/aromatic N) is 1. The first-order valence-electron chi connectivity index (χ1n) is 5.66. The maximum Gasteiger partial charge on any atom is 0.0405 e. The van der Waals surface area contributed by atoms with Crippen molar-refractivity contribution in [2.45, 2.75) is 19.3 Å². The van der Waals surface area contributed by atoms with Crippen molar-refractivity contribution in [3.8, 4) is 0 Å². The van der Waals surface area contributed by atoms with E-state index in [1.807, 2.05) is 0 Å². The van der Waals surface area contributed by atoms with Crippen molar-refractivity contribution < 1.29 is 0 Å². The molecule has 0 spiro atoms. The molecule has 1 N–H and O–H groups in total. The Balaban J connectivity index is 1.99. The summed E-state index contributed by atoms with van der Waals surface area (Å²) in [6, 6.07) is 4.58. The second-order valence-electron chi connectivity index (χ2n) is 4.32. The molecule has 1 aromatic rings. The van der Waals surface area contributed by atoms with Gasteiger partial charge in [-0.05, 0) is 37.0 Å². The Morgan fingerprint density at radius 2 is 2.00 bits per heavy atom. The van der Waals surface area contributed by atoms with Gasteiger partial charge in [0, 0.05) is 35.5 Å². The quantitative estimate of drug-likeness (QED) is 0.841. The predicted molar refractivity (Wildman–Crippen MR) is 67.8 cm³/mol. The van der Waals surface area contributed by atoms with Crippen molar-refractivity contribution in [1.29, 1.82) is 0 Å². The molecular weight excluding hydrogens is 252 g/mol. The molecule has 0 saturated carbocycles. The Labute approximate surface area is 98.8 Å². The third kappa shape index (κ3) is 1.63. The van der Waals surface area contributed by atoms with Crippen molar-refractivity contribution in [2.75, 3.05) is 29.9 Å². The highest BCUT2D eigenvalue weighted by molar-refractivity contribution is 9.10. The van der Waals surface area contributed by atoms with Crippen LogP contribution in [0.1, 0.15) is 18.4 Å². The van der Waals surface area contributed by atoms with Crippen molar-refractivity contribution in [3.63, 3.8) is 0 Å². The lowest BCUT2D eigenvalue weighted by molar-refractivity contribution is 0.949. The van der Waals surface area contributed by atoms with E-state index >= 15 is 0 Å². The number of anilines is 2. The van der Waals surface area contributed by atoms with Gasteiger partial charge in [-0.1, -0.05) is 15.9 Å². The van der Waals surface area contributed by atoms with Gasteiger partial charge in [0.15, 0.2) is 0 Å². The molecule has 0 amide bonds. The van der Waals surface area contributed by atoms with Crippen LogP contribution in [-0.2, 0) is 6.42 Å². The van der Waals surface area contributed by atoms with Crippen molar-refractivity contribution in [3.05, 3.63) is 22.2 Å². The van der Waals surface area contributed by atoms with Crippen LogP contribution in [0.5, 0.6) is 0 Å². The van der Waals surface area contributed by atoms with E-state index in [9.17, 15) is 0 Å². The molecule has 2 nitrogen and oxygen atoms in total. The monoisotopic (exact) mass is 266 g/mol. The van der Waals surface area contributed by atoms with Gasteiger partial charge in [0.2, 0.25) is 0 Å². The maximum atomic E-state index is 3.68. The minimum absolute atomic E-state index is 1.08. The number of fused-ring (bicyclic) bond motifs is 1. The van der Waals surface area contributed by atoms with Crippen molar-refractivity contribution in [1.82, 2.24) is 0 Å². The van der Waals surface area contributed by atoms with Gasteiger partial charge >= 0.3 is 0 Å². The number of rotatable bonds is 1. The molecule has 2 aliphatic heterocycles. The molecule has 0 unspecified atom stereocenters. The zero-order valence-electron chi connectivity index (χ0n) is 8.72. The molecule has 1 saturated heterocycles. The highest BCUT2D eigenvalue weighted by Crippen LogP contribution is 2.35. The second-order valence-corrected chi connectivity index (χ2v) is 5.18. The molecule has 0 atom stereocenters. The van der Waals surface area contributed by atoms with Gasteiger partial charge in [-0.2, -0.15) is 0 Å². The van der Waals surface area contributed by atoms with Gasteiger partial charge < -0.3 is 10.2 Å². The predicted octanol–water partition coefficient (Wildman–Crippen LogP) is 3.02. The van der Waals surface area contributed by atoms with Crippen LogP contribution in [-0.4, -0.2) is 19.6 Å². The molecule has 15 heavy (non-hydrogen) atoms. The van der Waals surface area contributed by atoms with Crippen molar-refractivity contribution >= 4 is 27.3 Å². The van der Waals surface area contributed by atoms with Crippen LogP contribution in [0.4, 0.5) is 11.4 Å². The van der Waals surface area contributed by atoms with Crippen LogP contribution in [0.2, 0.25) is 0 Å². The average molecular weight is 267 g/mol. The fraction of sp³-hybridized carbons (Fsp3) is 0.500. The summed E-state index contributed by atoms with van der Waals surface area (Å²) in [5, 5.41) is 3.45. The topological polar surface area (TPSA) is 15.3 Å². The Bertz CT molecular complexity index is 383. The zero-order chi connectivity index (χ0) is 10.3. The minimum Gasteiger partial charge on any atom is -0.384 e. The van der Waals surface area contributed by atoms with E-state index in [2.05, 4.69) is 38.3 Å². The molecule has 1 fully saturated rings. The van der Waals surface area contributed by atoms with E-state index in [1.165, 1.54) is 47.3 Å². The number of benzene rings is 1.